The highest BCUT2D eigenvalue weighted by Gasteiger charge is 2.72. The molecule has 0 aromatic carbocycles. The third-order valence-corrected chi connectivity index (χ3v) is 7.61. The molecule has 3 heterocycles. The number of hydrogen-bond donors (Lipinski definition) is 1. The van der Waals surface area contributed by atoms with Gasteiger partial charge >= 0.3 is 5.97 Å². The SMILES string of the molecule is CSc1onc(C)c1[C@@]1(C(=O)O)N2C(=S)[C@@H](C)[C@H]2SC1(C)C. The van der Waals surface area contributed by atoms with Crippen molar-refractivity contribution in [2.24, 2.45) is 5.92 Å². The van der Waals surface area contributed by atoms with Gasteiger partial charge < -0.3 is 14.5 Å². The Balaban J connectivity index is 2.31. The molecular formula is C14H18N2O3S3. The first-order chi connectivity index (χ1) is 10.2. The lowest BCUT2D eigenvalue weighted by Gasteiger charge is -2.51. The fourth-order valence-electron chi connectivity index (χ4n) is 3.58. The van der Waals surface area contributed by atoms with Crippen LogP contribution in [-0.2, 0) is 10.3 Å². The fraction of sp³-hybridized carbons (Fsp3) is 0.643. The second-order valence-corrected chi connectivity index (χ2v) is 9.10. The van der Waals surface area contributed by atoms with Crippen molar-refractivity contribution in [2.45, 2.75) is 48.4 Å². The Hall–Kier alpha value is -0.730. The molecule has 0 saturated carbocycles. The third kappa shape index (κ3) is 1.66. The molecule has 0 unspecified atom stereocenters. The zero-order valence-electron chi connectivity index (χ0n) is 13.0. The quantitative estimate of drug-likeness (QED) is 0.653. The van der Waals surface area contributed by atoms with E-state index in [-0.39, 0.29) is 11.3 Å². The maximum Gasteiger partial charge on any atom is 0.336 e. The summed E-state index contributed by atoms with van der Waals surface area (Å²) < 4.78 is 4.81. The van der Waals surface area contributed by atoms with E-state index in [1.807, 2.05) is 25.0 Å². The summed E-state index contributed by atoms with van der Waals surface area (Å²) in [5, 5.41) is 14.9. The van der Waals surface area contributed by atoms with Crippen LogP contribution in [0.25, 0.3) is 0 Å². The van der Waals surface area contributed by atoms with Gasteiger partial charge in [-0.2, -0.15) is 0 Å². The number of aromatic nitrogens is 1. The standard InChI is InChI=1S/C14H18N2O3S3/c1-6-9(20)16-10(6)22-13(3,4)14(16,12(17)18)8-7(2)15-19-11(8)21-5/h6,10H,1-5H3,(H,17,18)/t6-,10-,14+/m1/s1. The van der Waals surface area contributed by atoms with E-state index in [0.29, 0.717) is 21.3 Å². The number of nitrogens with zero attached hydrogens (tertiary/aromatic N) is 2. The number of thioether (sulfide) groups is 2. The van der Waals surface area contributed by atoms with E-state index in [2.05, 4.69) is 12.1 Å². The van der Waals surface area contributed by atoms with Gasteiger partial charge in [0.25, 0.3) is 0 Å². The van der Waals surface area contributed by atoms with Gasteiger partial charge in [-0.25, -0.2) is 4.79 Å². The highest BCUT2D eigenvalue weighted by molar-refractivity contribution is 8.02. The molecule has 0 amide bonds. The summed E-state index contributed by atoms with van der Waals surface area (Å²) in [4.78, 5) is 15.1. The van der Waals surface area contributed by atoms with Crippen LogP contribution in [0.5, 0.6) is 0 Å². The maximum atomic E-state index is 12.5. The first-order valence-electron chi connectivity index (χ1n) is 6.95. The second kappa shape index (κ2) is 4.88. The lowest BCUT2D eigenvalue weighted by molar-refractivity contribution is -0.152. The Labute approximate surface area is 143 Å². The van der Waals surface area contributed by atoms with Crippen molar-refractivity contribution in [3.8, 4) is 0 Å². The molecule has 1 N–H and O–H groups in total. The molecular weight excluding hydrogens is 340 g/mol. The molecule has 2 fully saturated rings. The number of carboxylic acids is 1. The molecule has 0 radical (unpaired) electrons. The minimum Gasteiger partial charge on any atom is -0.479 e. The molecule has 8 heteroatoms. The van der Waals surface area contributed by atoms with Crippen molar-refractivity contribution in [2.75, 3.05) is 6.26 Å². The van der Waals surface area contributed by atoms with E-state index in [1.54, 1.807) is 18.7 Å². The van der Waals surface area contributed by atoms with E-state index in [4.69, 9.17) is 16.7 Å². The van der Waals surface area contributed by atoms with Crippen molar-refractivity contribution in [3.63, 3.8) is 0 Å². The number of fused-ring (bicyclic) bond motifs is 1. The topological polar surface area (TPSA) is 66.6 Å². The molecule has 0 spiro atoms. The highest BCUT2D eigenvalue weighted by Crippen LogP contribution is 2.64. The van der Waals surface area contributed by atoms with Crippen LogP contribution in [-0.4, -0.2) is 42.5 Å². The monoisotopic (exact) mass is 358 g/mol. The Morgan fingerprint density at radius 3 is 2.73 bits per heavy atom. The van der Waals surface area contributed by atoms with Crippen molar-refractivity contribution in [1.29, 1.82) is 0 Å². The van der Waals surface area contributed by atoms with Crippen molar-refractivity contribution in [1.82, 2.24) is 10.1 Å². The molecule has 3 atom stereocenters. The smallest absolute Gasteiger partial charge is 0.336 e. The second-order valence-electron chi connectivity index (χ2n) is 6.17. The van der Waals surface area contributed by atoms with Gasteiger partial charge in [-0.15, -0.1) is 11.8 Å². The summed E-state index contributed by atoms with van der Waals surface area (Å²) in [5.74, 6) is -0.693. The molecule has 3 rings (SSSR count). The largest absolute Gasteiger partial charge is 0.479 e. The minimum atomic E-state index is -1.24. The van der Waals surface area contributed by atoms with Crippen LogP contribution < -0.4 is 0 Å². The van der Waals surface area contributed by atoms with Gasteiger partial charge in [-0.3, -0.25) is 0 Å². The van der Waals surface area contributed by atoms with Crippen LogP contribution in [0.1, 0.15) is 32.0 Å². The Kier molecular flexibility index (Phi) is 3.58. The zero-order chi connectivity index (χ0) is 16.4. The number of aryl methyl sites for hydroxylation is 1. The lowest BCUT2D eigenvalue weighted by atomic mass is 9.75. The predicted molar refractivity (Wildman–Crippen MR) is 91.4 cm³/mol. The van der Waals surface area contributed by atoms with Crippen LogP contribution in [0.4, 0.5) is 0 Å². The fourth-order valence-corrected chi connectivity index (χ4v) is 6.50. The van der Waals surface area contributed by atoms with Crippen molar-refractivity contribution < 1.29 is 14.4 Å². The van der Waals surface area contributed by atoms with E-state index in [1.165, 1.54) is 11.8 Å². The number of hydrogen-bond acceptors (Lipinski definition) is 6. The Morgan fingerprint density at radius 1 is 1.55 bits per heavy atom. The zero-order valence-corrected chi connectivity index (χ0v) is 15.5. The summed E-state index contributed by atoms with van der Waals surface area (Å²) in [6.07, 6.45) is 1.86. The van der Waals surface area contributed by atoms with Crippen LogP contribution >= 0.6 is 35.7 Å². The van der Waals surface area contributed by atoms with E-state index in [9.17, 15) is 9.90 Å². The highest BCUT2D eigenvalue weighted by atomic mass is 32.2. The molecule has 1 aromatic heterocycles. The van der Waals surface area contributed by atoms with Crippen molar-refractivity contribution >= 4 is 46.7 Å². The minimum absolute atomic E-state index is 0.0857. The molecule has 1 aromatic rings. The van der Waals surface area contributed by atoms with Crippen LogP contribution in [0.15, 0.2) is 9.62 Å². The maximum absolute atomic E-state index is 12.5. The number of rotatable bonds is 3. The average molecular weight is 359 g/mol. The lowest BCUT2D eigenvalue weighted by Crippen LogP contribution is -2.67. The summed E-state index contributed by atoms with van der Waals surface area (Å²) in [6, 6.07) is 0. The van der Waals surface area contributed by atoms with Gasteiger partial charge in [-0.1, -0.05) is 36.1 Å². The predicted octanol–water partition coefficient (Wildman–Crippen LogP) is 3.12. The molecule has 0 aliphatic carbocycles. The molecule has 120 valence electrons. The molecule has 0 bridgehead atoms. The van der Waals surface area contributed by atoms with Gasteiger partial charge in [0, 0.05) is 5.92 Å². The van der Waals surface area contributed by atoms with Crippen LogP contribution in [0.3, 0.4) is 0 Å². The van der Waals surface area contributed by atoms with E-state index in [0.717, 1.165) is 0 Å². The first kappa shape index (κ1) is 16.1. The number of carboxylic acid groups (broad SMARTS) is 1. The molecule has 22 heavy (non-hydrogen) atoms. The van der Waals surface area contributed by atoms with Crippen LogP contribution in [0.2, 0.25) is 0 Å². The molecule has 2 aliphatic rings. The first-order valence-corrected chi connectivity index (χ1v) is 9.46. The van der Waals surface area contributed by atoms with Gasteiger partial charge in [0.05, 0.1) is 26.4 Å². The van der Waals surface area contributed by atoms with Crippen molar-refractivity contribution in [3.05, 3.63) is 11.3 Å². The normalized spacial score (nSPS) is 32.8. The summed E-state index contributed by atoms with van der Waals surface area (Å²) in [5.41, 5.74) is 0.0131. The van der Waals surface area contributed by atoms with Gasteiger partial charge in [-0.05, 0) is 27.0 Å². The Bertz CT molecular complexity index is 672. The number of thiocarbonyl (C=S) groups is 1. The summed E-state index contributed by atoms with van der Waals surface area (Å²) in [6.45, 7) is 7.79. The van der Waals surface area contributed by atoms with Gasteiger partial charge in [0.2, 0.25) is 0 Å². The molecule has 2 aliphatic heterocycles. The van der Waals surface area contributed by atoms with Crippen LogP contribution in [0, 0.1) is 12.8 Å². The van der Waals surface area contributed by atoms with Gasteiger partial charge in [0.1, 0.15) is 0 Å². The van der Waals surface area contributed by atoms with Gasteiger partial charge in [0.15, 0.2) is 10.6 Å². The number of aliphatic carboxylic acids is 1. The molecule has 5 nitrogen and oxygen atoms in total. The average Bonchev–Trinajstić information content (AvgIpc) is 2.92. The van der Waals surface area contributed by atoms with E-state index < -0.39 is 16.3 Å². The Morgan fingerprint density at radius 2 is 2.18 bits per heavy atom. The summed E-state index contributed by atoms with van der Waals surface area (Å²) in [7, 11) is 0. The molecule has 2 saturated heterocycles. The van der Waals surface area contributed by atoms with E-state index >= 15 is 0 Å². The summed E-state index contributed by atoms with van der Waals surface area (Å²) >= 11 is 8.55. The number of carbonyl (C=O) groups is 1. The third-order valence-electron chi connectivity index (χ3n) is 4.65.